The van der Waals surface area contributed by atoms with Crippen molar-refractivity contribution in [2.24, 2.45) is 5.92 Å². The summed E-state index contributed by atoms with van der Waals surface area (Å²) in [5.74, 6) is 1.10. The summed E-state index contributed by atoms with van der Waals surface area (Å²) in [6, 6.07) is 20.4. The molecule has 0 bridgehead atoms. The molecule has 0 radical (unpaired) electrons. The van der Waals surface area contributed by atoms with Gasteiger partial charge in [0.05, 0.1) is 0 Å². The average molecular weight is 265 g/mol. The van der Waals surface area contributed by atoms with Gasteiger partial charge in [-0.05, 0) is 35.6 Å². The third kappa shape index (κ3) is 2.38. The van der Waals surface area contributed by atoms with E-state index >= 15 is 0 Å². The highest BCUT2D eigenvalue weighted by atomic mass is 14.9. The van der Waals surface area contributed by atoms with E-state index in [1.54, 1.807) is 0 Å². The van der Waals surface area contributed by atoms with E-state index in [1.165, 1.54) is 16.7 Å². The highest BCUT2D eigenvalue weighted by Gasteiger charge is 2.29. The molecule has 104 valence electrons. The van der Waals surface area contributed by atoms with Crippen molar-refractivity contribution in [3.8, 4) is 0 Å². The zero-order chi connectivity index (χ0) is 13.9. The SMILES string of the molecule is CCC1NCC(C)C(c2ccccc2)c2ccccc21. The Bertz CT molecular complexity index is 561. The Morgan fingerprint density at radius 2 is 1.60 bits per heavy atom. The van der Waals surface area contributed by atoms with Crippen molar-refractivity contribution in [1.82, 2.24) is 5.32 Å². The third-order valence-electron chi connectivity index (χ3n) is 4.53. The standard InChI is InChI=1S/C19H23N/c1-3-18-16-11-7-8-12-17(16)19(14(2)13-20-18)15-9-5-4-6-10-15/h4-12,14,18-20H,3,13H2,1-2H3. The van der Waals surface area contributed by atoms with Crippen LogP contribution in [-0.2, 0) is 0 Å². The van der Waals surface area contributed by atoms with Crippen molar-refractivity contribution < 1.29 is 0 Å². The molecule has 1 aliphatic heterocycles. The second-order valence-electron chi connectivity index (χ2n) is 5.86. The minimum absolute atomic E-state index is 0.488. The van der Waals surface area contributed by atoms with Crippen LogP contribution >= 0.6 is 0 Å². The van der Waals surface area contributed by atoms with Gasteiger partial charge in [-0.3, -0.25) is 0 Å². The summed E-state index contributed by atoms with van der Waals surface area (Å²) < 4.78 is 0. The molecule has 0 aliphatic carbocycles. The third-order valence-corrected chi connectivity index (χ3v) is 4.53. The van der Waals surface area contributed by atoms with Crippen molar-refractivity contribution in [2.45, 2.75) is 32.2 Å². The molecule has 0 spiro atoms. The van der Waals surface area contributed by atoms with Gasteiger partial charge in [0.2, 0.25) is 0 Å². The largest absolute Gasteiger partial charge is 0.310 e. The lowest BCUT2D eigenvalue weighted by Crippen LogP contribution is -2.24. The van der Waals surface area contributed by atoms with Crippen LogP contribution in [0.5, 0.6) is 0 Å². The van der Waals surface area contributed by atoms with E-state index in [0.29, 0.717) is 17.9 Å². The molecule has 0 fully saturated rings. The van der Waals surface area contributed by atoms with Crippen molar-refractivity contribution in [2.75, 3.05) is 6.54 Å². The predicted octanol–water partition coefficient (Wildman–Crippen LogP) is 4.51. The van der Waals surface area contributed by atoms with Gasteiger partial charge in [-0.2, -0.15) is 0 Å². The van der Waals surface area contributed by atoms with Crippen molar-refractivity contribution in [3.05, 3.63) is 71.3 Å². The number of benzene rings is 2. The Hall–Kier alpha value is -1.60. The molecule has 3 rings (SSSR count). The molecule has 0 aromatic heterocycles. The smallest absolute Gasteiger partial charge is 0.0320 e. The van der Waals surface area contributed by atoms with Gasteiger partial charge in [0.15, 0.2) is 0 Å². The molecule has 1 heterocycles. The molecule has 0 saturated carbocycles. The van der Waals surface area contributed by atoms with Crippen LogP contribution in [0.1, 0.15) is 48.9 Å². The molecule has 2 aromatic carbocycles. The van der Waals surface area contributed by atoms with Gasteiger partial charge in [-0.1, -0.05) is 68.4 Å². The summed E-state index contributed by atoms with van der Waals surface area (Å²) in [4.78, 5) is 0. The molecular weight excluding hydrogens is 242 g/mol. The van der Waals surface area contributed by atoms with E-state index in [4.69, 9.17) is 0 Å². The Morgan fingerprint density at radius 1 is 0.950 bits per heavy atom. The number of fused-ring (bicyclic) bond motifs is 1. The first-order chi connectivity index (χ1) is 9.81. The van der Waals surface area contributed by atoms with Crippen LogP contribution < -0.4 is 5.32 Å². The molecule has 2 aromatic rings. The summed E-state index contributed by atoms with van der Waals surface area (Å²) >= 11 is 0. The fourth-order valence-corrected chi connectivity index (χ4v) is 3.51. The summed E-state index contributed by atoms with van der Waals surface area (Å²) in [5, 5.41) is 3.74. The van der Waals surface area contributed by atoms with Gasteiger partial charge < -0.3 is 5.32 Å². The number of hydrogen-bond acceptors (Lipinski definition) is 1. The Morgan fingerprint density at radius 3 is 2.30 bits per heavy atom. The van der Waals surface area contributed by atoms with Gasteiger partial charge in [0, 0.05) is 12.0 Å². The lowest BCUT2D eigenvalue weighted by atomic mass is 9.80. The van der Waals surface area contributed by atoms with E-state index < -0.39 is 0 Å². The van der Waals surface area contributed by atoms with Gasteiger partial charge in [-0.25, -0.2) is 0 Å². The fraction of sp³-hybridized carbons (Fsp3) is 0.368. The van der Waals surface area contributed by atoms with E-state index in [1.807, 2.05) is 0 Å². The molecule has 3 unspecified atom stereocenters. The topological polar surface area (TPSA) is 12.0 Å². The van der Waals surface area contributed by atoms with Crippen LogP contribution in [-0.4, -0.2) is 6.54 Å². The van der Waals surface area contributed by atoms with E-state index in [9.17, 15) is 0 Å². The quantitative estimate of drug-likeness (QED) is 0.842. The zero-order valence-electron chi connectivity index (χ0n) is 12.3. The highest BCUT2D eigenvalue weighted by Crippen LogP contribution is 2.38. The van der Waals surface area contributed by atoms with Crippen LogP contribution in [0.2, 0.25) is 0 Å². The number of hydrogen-bond donors (Lipinski definition) is 1. The summed E-state index contributed by atoms with van der Waals surface area (Å²) in [5.41, 5.74) is 4.42. The van der Waals surface area contributed by atoms with Gasteiger partial charge >= 0.3 is 0 Å². The van der Waals surface area contributed by atoms with E-state index in [2.05, 4.69) is 73.8 Å². The second kappa shape index (κ2) is 5.80. The maximum Gasteiger partial charge on any atom is 0.0320 e. The molecule has 1 heteroatoms. The van der Waals surface area contributed by atoms with Crippen LogP contribution in [0.3, 0.4) is 0 Å². The average Bonchev–Trinajstić information content (AvgIpc) is 2.64. The molecule has 0 amide bonds. The van der Waals surface area contributed by atoms with Gasteiger partial charge in [0.25, 0.3) is 0 Å². The lowest BCUT2D eigenvalue weighted by Gasteiger charge is -2.24. The zero-order valence-corrected chi connectivity index (χ0v) is 12.3. The summed E-state index contributed by atoms with van der Waals surface area (Å²) in [6.45, 7) is 5.70. The van der Waals surface area contributed by atoms with Crippen molar-refractivity contribution >= 4 is 0 Å². The van der Waals surface area contributed by atoms with E-state index in [0.717, 1.165) is 13.0 Å². The van der Waals surface area contributed by atoms with Crippen LogP contribution in [0.4, 0.5) is 0 Å². The van der Waals surface area contributed by atoms with Crippen LogP contribution in [0.15, 0.2) is 54.6 Å². The molecule has 0 saturated heterocycles. The Balaban J connectivity index is 2.12. The number of nitrogens with one attached hydrogen (secondary N) is 1. The Labute approximate surface area is 122 Å². The van der Waals surface area contributed by atoms with Crippen LogP contribution in [0, 0.1) is 5.92 Å². The first-order valence-corrected chi connectivity index (χ1v) is 7.68. The molecule has 1 N–H and O–H groups in total. The summed E-state index contributed by atoms with van der Waals surface area (Å²) in [7, 11) is 0. The highest BCUT2D eigenvalue weighted by molar-refractivity contribution is 5.41. The van der Waals surface area contributed by atoms with Crippen molar-refractivity contribution in [1.29, 1.82) is 0 Å². The number of rotatable bonds is 2. The summed E-state index contributed by atoms with van der Waals surface area (Å²) in [6.07, 6.45) is 1.14. The monoisotopic (exact) mass is 265 g/mol. The van der Waals surface area contributed by atoms with E-state index in [-0.39, 0.29) is 0 Å². The minimum atomic E-state index is 0.488. The fourth-order valence-electron chi connectivity index (χ4n) is 3.51. The van der Waals surface area contributed by atoms with Crippen molar-refractivity contribution in [3.63, 3.8) is 0 Å². The molecule has 1 aliphatic rings. The minimum Gasteiger partial charge on any atom is -0.310 e. The van der Waals surface area contributed by atoms with Crippen LogP contribution in [0.25, 0.3) is 0 Å². The van der Waals surface area contributed by atoms with Gasteiger partial charge in [0.1, 0.15) is 0 Å². The lowest BCUT2D eigenvalue weighted by molar-refractivity contribution is 0.445. The predicted molar refractivity (Wildman–Crippen MR) is 84.9 cm³/mol. The first kappa shape index (κ1) is 13.4. The molecule has 1 nitrogen and oxygen atoms in total. The molecule has 3 atom stereocenters. The molecule has 20 heavy (non-hydrogen) atoms. The first-order valence-electron chi connectivity index (χ1n) is 7.68. The van der Waals surface area contributed by atoms with Gasteiger partial charge in [-0.15, -0.1) is 0 Å². The maximum atomic E-state index is 3.74. The maximum absolute atomic E-state index is 3.74. The molecular formula is C19H23N. The normalized spacial score (nSPS) is 25.8. The second-order valence-corrected chi connectivity index (χ2v) is 5.86. The Kier molecular flexibility index (Phi) is 3.88.